The van der Waals surface area contributed by atoms with Gasteiger partial charge in [-0.05, 0) is 35.0 Å². The number of carbonyl (C=O) groups excluding carboxylic acids is 1. The predicted octanol–water partition coefficient (Wildman–Crippen LogP) is 5.60. The number of nitrogens with zero attached hydrogens (tertiary/aromatic N) is 1. The Morgan fingerprint density at radius 3 is 2.54 bits per heavy atom. The lowest BCUT2D eigenvalue weighted by Gasteiger charge is -2.09. The van der Waals surface area contributed by atoms with Gasteiger partial charge in [-0.25, -0.2) is 13.4 Å². The summed E-state index contributed by atoms with van der Waals surface area (Å²) in [5, 5.41) is 0.160. The summed E-state index contributed by atoms with van der Waals surface area (Å²) in [6, 6.07) is 8.43. The van der Waals surface area contributed by atoms with Crippen LogP contribution >= 0.6 is 50.2 Å². The van der Waals surface area contributed by atoms with Crippen molar-refractivity contribution in [3.8, 4) is 10.4 Å². The molecule has 26 heavy (non-hydrogen) atoms. The maximum absolute atomic E-state index is 12.9. The second-order valence-electron chi connectivity index (χ2n) is 5.32. The summed E-state index contributed by atoms with van der Waals surface area (Å²) >= 11 is 11.7. The van der Waals surface area contributed by atoms with Crippen LogP contribution in [0.3, 0.4) is 0 Å². The third-order valence-corrected chi connectivity index (χ3v) is 8.63. The molecule has 0 aliphatic rings. The second kappa shape index (κ2) is 7.40. The smallest absolute Gasteiger partial charge is 0.264 e. The zero-order chi connectivity index (χ0) is 19.1. The van der Waals surface area contributed by atoms with Crippen molar-refractivity contribution in [1.82, 2.24) is 4.98 Å². The molecular weight excluding hydrogens is 480 g/mol. The molecule has 0 spiro atoms. The number of aryl methyl sites for hydroxylation is 1. The number of halogens is 2. The number of thiophene rings is 1. The van der Waals surface area contributed by atoms with Gasteiger partial charge in [-0.1, -0.05) is 41.1 Å². The molecule has 3 rings (SSSR count). The zero-order valence-corrected chi connectivity index (χ0v) is 18.3. The highest BCUT2D eigenvalue weighted by Gasteiger charge is 2.23. The Balaban J connectivity index is 2.03. The fourth-order valence-corrected chi connectivity index (χ4v) is 6.45. The van der Waals surface area contributed by atoms with Crippen LogP contribution in [0.15, 0.2) is 39.7 Å². The van der Waals surface area contributed by atoms with Crippen molar-refractivity contribution in [2.75, 3.05) is 4.72 Å². The molecule has 10 heteroatoms. The first kappa shape index (κ1) is 19.5. The Morgan fingerprint density at radius 1 is 1.27 bits per heavy atom. The van der Waals surface area contributed by atoms with E-state index in [2.05, 4.69) is 25.6 Å². The molecule has 0 bridgehead atoms. The van der Waals surface area contributed by atoms with Gasteiger partial charge in [0.2, 0.25) is 0 Å². The van der Waals surface area contributed by atoms with E-state index in [0.29, 0.717) is 24.9 Å². The molecule has 0 saturated carbocycles. The molecule has 0 saturated heterocycles. The SMILES string of the molecule is CC(=O)c1sc(NS(=O)(=O)c2ccccc2-c2cc(Br)c(Cl)s2)nc1C. The molecule has 2 heterocycles. The number of rotatable bonds is 5. The van der Waals surface area contributed by atoms with Gasteiger partial charge < -0.3 is 0 Å². The highest BCUT2D eigenvalue weighted by Crippen LogP contribution is 2.40. The van der Waals surface area contributed by atoms with E-state index in [9.17, 15) is 13.2 Å². The largest absolute Gasteiger partial charge is 0.294 e. The van der Waals surface area contributed by atoms with Gasteiger partial charge >= 0.3 is 0 Å². The van der Waals surface area contributed by atoms with Crippen LogP contribution in [0, 0.1) is 6.92 Å². The minimum absolute atomic E-state index is 0.114. The molecule has 0 aliphatic carbocycles. The molecule has 2 aromatic heterocycles. The maximum Gasteiger partial charge on any atom is 0.264 e. The summed E-state index contributed by atoms with van der Waals surface area (Å²) in [6.07, 6.45) is 0. The maximum atomic E-state index is 12.9. The number of hydrogen-bond donors (Lipinski definition) is 1. The fraction of sp³-hybridized carbons (Fsp3) is 0.125. The van der Waals surface area contributed by atoms with E-state index in [1.165, 1.54) is 24.3 Å². The highest BCUT2D eigenvalue weighted by atomic mass is 79.9. The van der Waals surface area contributed by atoms with E-state index in [4.69, 9.17) is 11.6 Å². The molecule has 0 unspecified atom stereocenters. The van der Waals surface area contributed by atoms with Crippen LogP contribution in [0.1, 0.15) is 22.3 Å². The number of nitrogens with one attached hydrogen (secondary N) is 1. The van der Waals surface area contributed by atoms with Gasteiger partial charge in [-0.2, -0.15) is 0 Å². The number of ketones is 1. The third-order valence-electron chi connectivity index (χ3n) is 3.43. The van der Waals surface area contributed by atoms with Gasteiger partial charge in [0.1, 0.15) is 4.34 Å². The topological polar surface area (TPSA) is 76.1 Å². The Bertz CT molecular complexity index is 1090. The van der Waals surface area contributed by atoms with Crippen LogP contribution in [-0.4, -0.2) is 19.2 Å². The summed E-state index contributed by atoms with van der Waals surface area (Å²) in [5.74, 6) is -0.149. The number of hydrogen-bond acceptors (Lipinski definition) is 6. The Kier molecular flexibility index (Phi) is 5.55. The first-order valence-corrected chi connectivity index (χ1v) is 11.5. The van der Waals surface area contributed by atoms with Crippen LogP contribution < -0.4 is 4.72 Å². The first-order valence-electron chi connectivity index (χ1n) is 7.24. The van der Waals surface area contributed by atoms with Crippen molar-refractivity contribution < 1.29 is 13.2 Å². The molecule has 1 aromatic carbocycles. The normalized spacial score (nSPS) is 11.5. The minimum atomic E-state index is -3.89. The molecular formula is C16H12BrClN2O3S3. The van der Waals surface area contributed by atoms with Crippen molar-refractivity contribution in [1.29, 1.82) is 0 Å². The van der Waals surface area contributed by atoms with Crippen LogP contribution in [0.25, 0.3) is 10.4 Å². The number of sulfonamides is 1. The number of thiazole rings is 1. The highest BCUT2D eigenvalue weighted by molar-refractivity contribution is 9.10. The molecule has 0 amide bonds. The average Bonchev–Trinajstić information content (AvgIpc) is 3.09. The standard InChI is InChI=1S/C16H12BrClN2O3S3/c1-8-14(9(2)21)25-16(19-8)20-26(22,23)13-6-4-3-5-10(13)12-7-11(17)15(18)24-12/h3-7H,1-2H3,(H,19,20). The van der Waals surface area contributed by atoms with Crippen molar-refractivity contribution in [2.45, 2.75) is 18.7 Å². The molecule has 0 fully saturated rings. The van der Waals surface area contributed by atoms with E-state index < -0.39 is 10.0 Å². The van der Waals surface area contributed by atoms with Crippen molar-refractivity contribution >= 4 is 71.1 Å². The van der Waals surface area contributed by atoms with Crippen LogP contribution in [0.2, 0.25) is 4.34 Å². The lowest BCUT2D eigenvalue weighted by atomic mass is 10.2. The molecule has 0 aliphatic heterocycles. The monoisotopic (exact) mass is 490 g/mol. The molecule has 1 N–H and O–H groups in total. The molecule has 0 atom stereocenters. The van der Waals surface area contributed by atoms with E-state index in [1.54, 1.807) is 31.2 Å². The first-order chi connectivity index (χ1) is 12.2. The van der Waals surface area contributed by atoms with Crippen molar-refractivity contribution in [3.63, 3.8) is 0 Å². The number of benzene rings is 1. The zero-order valence-electron chi connectivity index (χ0n) is 13.5. The summed E-state index contributed by atoms with van der Waals surface area (Å²) in [6.45, 7) is 3.09. The van der Waals surface area contributed by atoms with E-state index in [-0.39, 0.29) is 15.8 Å². The van der Waals surface area contributed by atoms with Gasteiger partial charge in [-0.15, -0.1) is 11.3 Å². The van der Waals surface area contributed by atoms with Crippen LogP contribution in [0.5, 0.6) is 0 Å². The van der Waals surface area contributed by atoms with Crippen molar-refractivity contribution in [2.24, 2.45) is 0 Å². The molecule has 0 radical (unpaired) electrons. The summed E-state index contributed by atoms with van der Waals surface area (Å²) in [5.41, 5.74) is 1.04. The van der Waals surface area contributed by atoms with Gasteiger partial charge in [0.15, 0.2) is 10.9 Å². The van der Waals surface area contributed by atoms with E-state index in [0.717, 1.165) is 16.2 Å². The van der Waals surface area contributed by atoms with E-state index in [1.807, 2.05) is 0 Å². The van der Waals surface area contributed by atoms with Gasteiger partial charge in [0, 0.05) is 21.8 Å². The van der Waals surface area contributed by atoms with Gasteiger partial charge in [0.05, 0.1) is 15.5 Å². The lowest BCUT2D eigenvalue weighted by molar-refractivity contribution is 0.102. The van der Waals surface area contributed by atoms with Crippen LogP contribution in [-0.2, 0) is 10.0 Å². The lowest BCUT2D eigenvalue weighted by Crippen LogP contribution is -2.13. The summed E-state index contributed by atoms with van der Waals surface area (Å²) in [7, 11) is -3.89. The number of anilines is 1. The van der Waals surface area contributed by atoms with E-state index >= 15 is 0 Å². The average molecular weight is 492 g/mol. The molecule has 5 nitrogen and oxygen atoms in total. The predicted molar refractivity (Wildman–Crippen MR) is 110 cm³/mol. The quantitative estimate of drug-likeness (QED) is 0.471. The van der Waals surface area contributed by atoms with Crippen LogP contribution in [0.4, 0.5) is 5.13 Å². The Labute approximate surface area is 172 Å². The van der Waals surface area contributed by atoms with Gasteiger partial charge in [0.25, 0.3) is 10.0 Å². The Morgan fingerprint density at radius 2 is 1.96 bits per heavy atom. The molecule has 136 valence electrons. The Hall–Kier alpha value is -1.26. The second-order valence-corrected chi connectivity index (χ2v) is 10.5. The number of aromatic nitrogens is 1. The summed E-state index contributed by atoms with van der Waals surface area (Å²) < 4.78 is 29.5. The number of Topliss-reactive ketones (excluding diaryl/α,β-unsaturated/α-hetero) is 1. The number of carbonyl (C=O) groups is 1. The fourth-order valence-electron chi connectivity index (χ4n) is 2.32. The summed E-state index contributed by atoms with van der Waals surface area (Å²) in [4.78, 5) is 17.0. The molecule has 3 aromatic rings. The third kappa shape index (κ3) is 3.86. The van der Waals surface area contributed by atoms with Gasteiger partial charge in [-0.3, -0.25) is 9.52 Å². The van der Waals surface area contributed by atoms with Crippen molar-refractivity contribution in [3.05, 3.63) is 49.7 Å². The minimum Gasteiger partial charge on any atom is -0.294 e.